The molecule has 1 fully saturated rings. The number of ether oxygens (including phenoxy) is 1. The Bertz CT molecular complexity index is 1030. The highest BCUT2D eigenvalue weighted by atomic mass is 16.5. The quantitative estimate of drug-likeness (QED) is 0.388. The molecule has 29 heavy (non-hydrogen) atoms. The van der Waals surface area contributed by atoms with Crippen LogP contribution < -0.4 is 4.74 Å². The van der Waals surface area contributed by atoms with E-state index in [0.717, 1.165) is 0 Å². The van der Waals surface area contributed by atoms with Gasteiger partial charge in [-0.2, -0.15) is 0 Å². The molecule has 1 aromatic carbocycles. The number of furan rings is 2. The molecule has 4 rings (SSSR count). The van der Waals surface area contributed by atoms with Crippen LogP contribution in [0.15, 0.2) is 75.5 Å². The maximum Gasteiger partial charge on any atom is 0.296 e. The van der Waals surface area contributed by atoms with Crippen LogP contribution in [-0.2, 0) is 16.1 Å². The lowest BCUT2D eigenvalue weighted by Gasteiger charge is -2.22. The zero-order valence-electron chi connectivity index (χ0n) is 15.7. The molecule has 1 atom stereocenters. The van der Waals surface area contributed by atoms with Gasteiger partial charge in [-0.25, -0.2) is 0 Å². The van der Waals surface area contributed by atoms with Gasteiger partial charge in [-0.1, -0.05) is 0 Å². The Kier molecular flexibility index (Phi) is 4.95. The van der Waals surface area contributed by atoms with Crippen molar-refractivity contribution < 1.29 is 28.3 Å². The number of Topliss-reactive ketones (excluding diaryl/α,β-unsaturated/α-hetero) is 1. The number of likely N-dealkylation sites (tertiary alicyclic amines) is 1. The molecule has 0 bridgehead atoms. The first kappa shape index (κ1) is 18.6. The molecule has 1 N–H and O–H groups in total. The van der Waals surface area contributed by atoms with Crippen molar-refractivity contribution >= 4 is 17.4 Å². The third-order valence-corrected chi connectivity index (χ3v) is 4.70. The largest absolute Gasteiger partial charge is 0.507 e. The number of rotatable bonds is 6. The first-order chi connectivity index (χ1) is 14.1. The molecule has 1 amide bonds. The first-order valence-electron chi connectivity index (χ1n) is 9.17. The zero-order valence-corrected chi connectivity index (χ0v) is 15.7. The molecule has 3 aromatic rings. The Hall–Kier alpha value is -3.74. The van der Waals surface area contributed by atoms with E-state index in [2.05, 4.69) is 0 Å². The van der Waals surface area contributed by atoms with E-state index in [0.29, 0.717) is 29.4 Å². The molecule has 3 heterocycles. The second kappa shape index (κ2) is 7.71. The Morgan fingerprint density at radius 3 is 2.41 bits per heavy atom. The number of amides is 1. The summed E-state index contributed by atoms with van der Waals surface area (Å²) < 4.78 is 16.2. The van der Waals surface area contributed by atoms with E-state index < -0.39 is 17.7 Å². The van der Waals surface area contributed by atoms with Crippen LogP contribution in [-0.4, -0.2) is 28.3 Å². The fourth-order valence-electron chi connectivity index (χ4n) is 3.39. The van der Waals surface area contributed by atoms with Crippen molar-refractivity contribution in [2.24, 2.45) is 0 Å². The van der Waals surface area contributed by atoms with Gasteiger partial charge in [0.1, 0.15) is 29.1 Å². The maximum absolute atomic E-state index is 12.8. The van der Waals surface area contributed by atoms with Gasteiger partial charge < -0.3 is 23.6 Å². The lowest BCUT2D eigenvalue weighted by atomic mass is 9.99. The van der Waals surface area contributed by atoms with Crippen LogP contribution in [0.1, 0.15) is 30.0 Å². The highest BCUT2D eigenvalue weighted by Gasteiger charge is 2.47. The van der Waals surface area contributed by atoms with Crippen molar-refractivity contribution in [3.8, 4) is 5.75 Å². The van der Waals surface area contributed by atoms with Gasteiger partial charge in [-0.3, -0.25) is 9.59 Å². The highest BCUT2D eigenvalue weighted by molar-refractivity contribution is 6.46. The first-order valence-corrected chi connectivity index (χ1v) is 9.17. The molecule has 7 nitrogen and oxygen atoms in total. The second-order valence-corrected chi connectivity index (χ2v) is 6.48. The number of ketones is 1. The van der Waals surface area contributed by atoms with Gasteiger partial charge in [0.2, 0.25) is 0 Å². The molecular formula is C22H19NO6. The summed E-state index contributed by atoms with van der Waals surface area (Å²) in [6.07, 6.45) is 2.95. The minimum atomic E-state index is -0.860. The fourth-order valence-corrected chi connectivity index (χ4v) is 3.39. The minimum absolute atomic E-state index is 0.0272. The van der Waals surface area contributed by atoms with Gasteiger partial charge in [0.15, 0.2) is 0 Å². The lowest BCUT2D eigenvalue weighted by molar-refractivity contribution is -0.140. The highest BCUT2D eigenvalue weighted by Crippen LogP contribution is 2.40. The molecule has 0 aliphatic carbocycles. The molecule has 0 radical (unpaired) electrons. The van der Waals surface area contributed by atoms with E-state index in [1.54, 1.807) is 48.5 Å². The monoisotopic (exact) mass is 393 g/mol. The summed E-state index contributed by atoms with van der Waals surface area (Å²) in [5.74, 6) is -0.230. The van der Waals surface area contributed by atoms with Crippen LogP contribution in [0, 0.1) is 0 Å². The van der Waals surface area contributed by atoms with Crippen molar-refractivity contribution in [3.05, 3.63) is 83.7 Å². The maximum atomic E-state index is 12.8. The Morgan fingerprint density at radius 1 is 1.07 bits per heavy atom. The Balaban J connectivity index is 1.78. The van der Waals surface area contributed by atoms with Crippen LogP contribution in [0.25, 0.3) is 5.76 Å². The zero-order chi connectivity index (χ0) is 20.4. The summed E-state index contributed by atoms with van der Waals surface area (Å²) in [5, 5.41) is 10.9. The minimum Gasteiger partial charge on any atom is -0.507 e. The molecule has 1 aliphatic heterocycles. The average molecular weight is 393 g/mol. The third kappa shape index (κ3) is 3.42. The van der Waals surface area contributed by atoms with Gasteiger partial charge >= 0.3 is 0 Å². The normalized spacial score (nSPS) is 18.4. The number of hydrogen-bond acceptors (Lipinski definition) is 6. The number of nitrogens with zero attached hydrogens (tertiary/aromatic N) is 1. The third-order valence-electron chi connectivity index (χ3n) is 4.70. The van der Waals surface area contributed by atoms with Gasteiger partial charge in [-0.05, 0) is 55.5 Å². The number of benzene rings is 1. The molecule has 148 valence electrons. The van der Waals surface area contributed by atoms with Crippen LogP contribution >= 0.6 is 0 Å². The summed E-state index contributed by atoms with van der Waals surface area (Å²) in [7, 11) is 0. The predicted octanol–water partition coefficient (Wildman–Crippen LogP) is 3.89. The van der Waals surface area contributed by atoms with Crippen LogP contribution in [0.3, 0.4) is 0 Å². The van der Waals surface area contributed by atoms with Gasteiger partial charge in [0, 0.05) is 5.56 Å². The van der Waals surface area contributed by atoms with Gasteiger partial charge in [-0.15, -0.1) is 0 Å². The molecule has 0 saturated carbocycles. The number of aliphatic hydroxyl groups is 1. The van der Waals surface area contributed by atoms with Crippen LogP contribution in [0.5, 0.6) is 5.75 Å². The van der Waals surface area contributed by atoms with E-state index >= 15 is 0 Å². The fraction of sp³-hybridized carbons (Fsp3) is 0.182. The van der Waals surface area contributed by atoms with Crippen molar-refractivity contribution in [1.29, 1.82) is 0 Å². The smallest absolute Gasteiger partial charge is 0.296 e. The van der Waals surface area contributed by atoms with E-state index in [9.17, 15) is 14.7 Å². The van der Waals surface area contributed by atoms with Crippen molar-refractivity contribution in [1.82, 2.24) is 4.90 Å². The number of hydrogen-bond donors (Lipinski definition) is 1. The second-order valence-electron chi connectivity index (χ2n) is 6.48. The molecule has 1 saturated heterocycles. The predicted molar refractivity (Wildman–Crippen MR) is 103 cm³/mol. The topological polar surface area (TPSA) is 93.1 Å². The van der Waals surface area contributed by atoms with E-state index in [-0.39, 0.29) is 17.9 Å². The number of carbonyl (C=O) groups excluding carboxylic acids is 2. The van der Waals surface area contributed by atoms with Crippen molar-refractivity contribution in [2.75, 3.05) is 6.61 Å². The summed E-state index contributed by atoms with van der Waals surface area (Å²) in [4.78, 5) is 26.9. The van der Waals surface area contributed by atoms with Gasteiger partial charge in [0.25, 0.3) is 11.7 Å². The van der Waals surface area contributed by atoms with E-state index in [4.69, 9.17) is 13.6 Å². The van der Waals surface area contributed by atoms with E-state index in [1.807, 2.05) is 6.92 Å². The molecule has 2 aromatic heterocycles. The molecular weight excluding hydrogens is 374 g/mol. The molecule has 0 unspecified atom stereocenters. The lowest BCUT2D eigenvalue weighted by Crippen LogP contribution is -2.28. The Morgan fingerprint density at radius 2 is 1.79 bits per heavy atom. The summed E-state index contributed by atoms with van der Waals surface area (Å²) in [6, 6.07) is 12.5. The summed E-state index contributed by atoms with van der Waals surface area (Å²) in [6.45, 7) is 2.46. The molecule has 0 spiro atoms. The van der Waals surface area contributed by atoms with Crippen molar-refractivity contribution in [3.63, 3.8) is 0 Å². The average Bonchev–Trinajstić information content (AvgIpc) is 3.47. The summed E-state index contributed by atoms with van der Waals surface area (Å²) >= 11 is 0. The molecule has 7 heteroatoms. The SMILES string of the molecule is CCOc1ccc(C(O)=C2C(=O)C(=O)N(Cc3ccco3)[C@@H]2c2ccco2)cc1. The standard InChI is InChI=1S/C22H19NO6/c1-2-27-15-9-7-14(8-10-15)20(24)18-19(17-6-4-12-29-17)23(22(26)21(18)25)13-16-5-3-11-28-16/h3-12,19,24H,2,13H2,1H3/t19-/m1/s1. The van der Waals surface area contributed by atoms with Crippen LogP contribution in [0.4, 0.5) is 0 Å². The Labute approximate surface area is 166 Å². The van der Waals surface area contributed by atoms with Crippen LogP contribution in [0.2, 0.25) is 0 Å². The molecule has 1 aliphatic rings. The number of aliphatic hydroxyl groups excluding tert-OH is 1. The van der Waals surface area contributed by atoms with E-state index in [1.165, 1.54) is 17.4 Å². The summed E-state index contributed by atoms with van der Waals surface area (Å²) in [5.41, 5.74) is 0.377. The number of carbonyl (C=O) groups is 2. The van der Waals surface area contributed by atoms with Crippen molar-refractivity contribution in [2.45, 2.75) is 19.5 Å². The van der Waals surface area contributed by atoms with Gasteiger partial charge in [0.05, 0.1) is 31.3 Å².